The van der Waals surface area contributed by atoms with Gasteiger partial charge < -0.3 is 10.1 Å². The van der Waals surface area contributed by atoms with E-state index in [-0.39, 0.29) is 17.7 Å². The van der Waals surface area contributed by atoms with Crippen LogP contribution < -0.4 is 10.1 Å². The van der Waals surface area contributed by atoms with Gasteiger partial charge in [-0.2, -0.15) is 0 Å². The molecule has 0 fully saturated rings. The zero-order chi connectivity index (χ0) is 18.7. The Morgan fingerprint density at radius 2 is 2.04 bits per heavy atom. The minimum atomic E-state index is -1.37. The first-order valence-corrected chi connectivity index (χ1v) is 10.4. The summed E-state index contributed by atoms with van der Waals surface area (Å²) in [6.45, 7) is 2.22. The largest absolute Gasteiger partial charge is 0.493 e. The maximum Gasteiger partial charge on any atom is 0.235 e. The molecule has 138 valence electrons. The zero-order valence-corrected chi connectivity index (χ0v) is 16.5. The molecule has 1 aliphatic rings. The van der Waals surface area contributed by atoms with E-state index in [0.717, 1.165) is 16.9 Å². The normalized spacial score (nSPS) is 18.3. The highest BCUT2D eigenvalue weighted by Gasteiger charge is 2.27. The third-order valence-electron chi connectivity index (χ3n) is 4.33. The molecular formula is C19H19Cl2NO3S. The van der Waals surface area contributed by atoms with E-state index in [1.807, 2.05) is 24.3 Å². The summed E-state index contributed by atoms with van der Waals surface area (Å²) < 4.78 is 18.2. The van der Waals surface area contributed by atoms with Crippen molar-refractivity contribution >= 4 is 39.9 Å². The zero-order valence-electron chi connectivity index (χ0n) is 14.2. The molecule has 3 unspecified atom stereocenters. The molecule has 4 nitrogen and oxygen atoms in total. The van der Waals surface area contributed by atoms with Gasteiger partial charge in [-0.15, -0.1) is 0 Å². The quantitative estimate of drug-likeness (QED) is 0.798. The fourth-order valence-corrected chi connectivity index (χ4v) is 4.20. The van der Waals surface area contributed by atoms with Crippen LogP contribution in [0.5, 0.6) is 5.75 Å². The highest BCUT2D eigenvalue weighted by molar-refractivity contribution is 7.85. The number of rotatable bonds is 5. The Morgan fingerprint density at radius 3 is 2.81 bits per heavy atom. The van der Waals surface area contributed by atoms with Crippen LogP contribution in [0.4, 0.5) is 0 Å². The third-order valence-corrected chi connectivity index (χ3v) is 6.69. The lowest BCUT2D eigenvalue weighted by Gasteiger charge is -2.27. The number of ether oxygens (including phenoxy) is 1. The van der Waals surface area contributed by atoms with Crippen molar-refractivity contribution < 1.29 is 13.7 Å². The summed E-state index contributed by atoms with van der Waals surface area (Å²) in [6.07, 6.45) is 0.689. The van der Waals surface area contributed by atoms with Gasteiger partial charge in [0.25, 0.3) is 0 Å². The highest BCUT2D eigenvalue weighted by Crippen LogP contribution is 2.31. The summed E-state index contributed by atoms with van der Waals surface area (Å²) in [6, 6.07) is 12.6. The molecule has 0 aliphatic carbocycles. The summed E-state index contributed by atoms with van der Waals surface area (Å²) in [5.74, 6) is 0.800. The number of nitrogens with one attached hydrogen (secondary N) is 1. The fraction of sp³-hybridized carbons (Fsp3) is 0.316. The van der Waals surface area contributed by atoms with Gasteiger partial charge >= 0.3 is 0 Å². The van der Waals surface area contributed by atoms with Crippen molar-refractivity contribution in [2.45, 2.75) is 30.4 Å². The molecule has 1 heterocycles. The van der Waals surface area contributed by atoms with Crippen LogP contribution in [0.3, 0.4) is 0 Å². The van der Waals surface area contributed by atoms with Crippen LogP contribution in [0.2, 0.25) is 10.0 Å². The monoisotopic (exact) mass is 411 g/mol. The Morgan fingerprint density at radius 1 is 1.27 bits per heavy atom. The Labute approximate surface area is 165 Å². The molecule has 0 aromatic heterocycles. The topological polar surface area (TPSA) is 55.4 Å². The molecule has 3 rings (SSSR count). The van der Waals surface area contributed by atoms with E-state index in [1.165, 1.54) is 0 Å². The van der Waals surface area contributed by atoms with Crippen LogP contribution in [0.15, 0.2) is 42.5 Å². The maximum atomic E-state index is 12.6. The van der Waals surface area contributed by atoms with Crippen molar-refractivity contribution in [3.63, 3.8) is 0 Å². The Kier molecular flexibility index (Phi) is 6.22. The summed E-state index contributed by atoms with van der Waals surface area (Å²) >= 11 is 11.9. The van der Waals surface area contributed by atoms with E-state index in [4.69, 9.17) is 27.9 Å². The fourth-order valence-electron chi connectivity index (χ4n) is 2.82. The Bertz CT molecular complexity index is 843. The van der Waals surface area contributed by atoms with Crippen LogP contribution >= 0.6 is 23.2 Å². The second-order valence-corrected chi connectivity index (χ2v) is 8.72. The van der Waals surface area contributed by atoms with Crippen molar-refractivity contribution in [2.75, 3.05) is 6.61 Å². The molecule has 3 atom stereocenters. The molecule has 1 amide bonds. The molecule has 0 bridgehead atoms. The number of carbonyl (C=O) groups excluding carboxylic acids is 1. The first-order valence-electron chi connectivity index (χ1n) is 8.29. The van der Waals surface area contributed by atoms with E-state index in [2.05, 4.69) is 5.32 Å². The summed E-state index contributed by atoms with van der Waals surface area (Å²) in [7, 11) is -1.37. The average molecular weight is 412 g/mol. The van der Waals surface area contributed by atoms with E-state index in [0.29, 0.717) is 23.1 Å². The molecule has 26 heavy (non-hydrogen) atoms. The van der Waals surface area contributed by atoms with Gasteiger partial charge in [0.15, 0.2) is 0 Å². The van der Waals surface area contributed by atoms with Gasteiger partial charge in [-0.25, -0.2) is 0 Å². The average Bonchev–Trinajstić information content (AvgIpc) is 2.64. The van der Waals surface area contributed by atoms with Crippen molar-refractivity contribution in [3.05, 3.63) is 63.6 Å². The molecule has 0 radical (unpaired) electrons. The lowest BCUT2D eigenvalue weighted by molar-refractivity contribution is -0.121. The van der Waals surface area contributed by atoms with E-state index in [1.54, 1.807) is 25.1 Å². The van der Waals surface area contributed by atoms with Crippen molar-refractivity contribution in [3.8, 4) is 5.75 Å². The van der Waals surface area contributed by atoms with Gasteiger partial charge in [0, 0.05) is 28.5 Å². The van der Waals surface area contributed by atoms with Crippen molar-refractivity contribution in [1.82, 2.24) is 5.32 Å². The number of amides is 1. The number of carbonyl (C=O) groups is 1. The lowest BCUT2D eigenvalue weighted by Crippen LogP contribution is -2.39. The van der Waals surface area contributed by atoms with Gasteiger partial charge in [-0.3, -0.25) is 9.00 Å². The molecule has 0 saturated heterocycles. The Hall–Kier alpha value is -1.56. The number of hydrogen-bond donors (Lipinski definition) is 1. The predicted molar refractivity (Wildman–Crippen MR) is 105 cm³/mol. The predicted octanol–water partition coefficient (Wildman–Crippen LogP) is 4.27. The number of halogens is 2. The molecule has 1 N–H and O–H groups in total. The maximum absolute atomic E-state index is 12.6. The van der Waals surface area contributed by atoms with Crippen LogP contribution in [-0.2, 0) is 21.3 Å². The molecule has 0 spiro atoms. The van der Waals surface area contributed by atoms with Gasteiger partial charge in [0.05, 0.1) is 22.7 Å². The minimum Gasteiger partial charge on any atom is -0.493 e. The van der Waals surface area contributed by atoms with Crippen LogP contribution in [0, 0.1) is 0 Å². The van der Waals surface area contributed by atoms with Crippen LogP contribution in [0.1, 0.15) is 30.5 Å². The number of hydrogen-bond acceptors (Lipinski definition) is 3. The van der Waals surface area contributed by atoms with E-state index in [9.17, 15) is 9.00 Å². The smallest absolute Gasteiger partial charge is 0.235 e. The van der Waals surface area contributed by atoms with E-state index < -0.39 is 16.0 Å². The first kappa shape index (κ1) is 19.2. The van der Waals surface area contributed by atoms with Crippen molar-refractivity contribution in [2.24, 2.45) is 0 Å². The van der Waals surface area contributed by atoms with Gasteiger partial charge in [-0.1, -0.05) is 47.5 Å². The number of para-hydroxylation sites is 1. The number of benzene rings is 2. The summed E-state index contributed by atoms with van der Waals surface area (Å²) in [5, 5.41) is 3.23. The SMILES string of the molecule is CC(C(=O)NC1CCOc2ccccc21)S(=O)Cc1ccc(Cl)c(Cl)c1. The summed E-state index contributed by atoms with van der Waals surface area (Å²) in [4.78, 5) is 12.6. The minimum absolute atomic E-state index is 0.128. The molecule has 2 aromatic carbocycles. The molecule has 2 aromatic rings. The lowest BCUT2D eigenvalue weighted by atomic mass is 10.0. The second kappa shape index (κ2) is 8.42. The molecule has 1 aliphatic heterocycles. The Balaban J connectivity index is 1.64. The van der Waals surface area contributed by atoms with Gasteiger partial charge in [-0.05, 0) is 30.7 Å². The molecule has 7 heteroatoms. The molecule has 0 saturated carbocycles. The van der Waals surface area contributed by atoms with Crippen LogP contribution in [0.25, 0.3) is 0 Å². The summed E-state index contributed by atoms with van der Waals surface area (Å²) in [5.41, 5.74) is 1.74. The standard InChI is InChI=1S/C19H19Cl2NO3S/c1-12(26(24)11-13-6-7-15(20)16(21)10-13)19(23)22-17-8-9-25-18-5-3-2-4-14(17)18/h2-7,10,12,17H,8-9,11H2,1H3,(H,22,23). The van der Waals surface area contributed by atoms with Crippen molar-refractivity contribution in [1.29, 1.82) is 0 Å². The van der Waals surface area contributed by atoms with Gasteiger partial charge in [0.1, 0.15) is 11.0 Å². The third kappa shape index (κ3) is 4.40. The highest BCUT2D eigenvalue weighted by atomic mass is 35.5. The second-order valence-electron chi connectivity index (χ2n) is 6.15. The molecular weight excluding hydrogens is 393 g/mol. The van der Waals surface area contributed by atoms with E-state index >= 15 is 0 Å². The first-order chi connectivity index (χ1) is 12.5. The van der Waals surface area contributed by atoms with Crippen LogP contribution in [-0.4, -0.2) is 22.0 Å². The van der Waals surface area contributed by atoms with Gasteiger partial charge in [0.2, 0.25) is 5.91 Å². The number of fused-ring (bicyclic) bond motifs is 1.